The van der Waals surface area contributed by atoms with Crippen LogP contribution in [0.25, 0.3) is 11.0 Å². The lowest BCUT2D eigenvalue weighted by molar-refractivity contribution is -0.384. The first-order valence-electron chi connectivity index (χ1n) is 5.96. The van der Waals surface area contributed by atoms with E-state index in [1.807, 2.05) is 0 Å². The summed E-state index contributed by atoms with van der Waals surface area (Å²) in [7, 11) is 2.09. The Morgan fingerprint density at radius 1 is 1.56 bits per heavy atom. The van der Waals surface area contributed by atoms with Crippen LogP contribution in [0.1, 0.15) is 18.2 Å². The number of likely N-dealkylation sites (N-methyl/N-ethyl adjacent to an activating group) is 1. The van der Waals surface area contributed by atoms with E-state index in [-0.39, 0.29) is 10.6 Å². The summed E-state index contributed by atoms with van der Waals surface area (Å²) in [6, 6.07) is 4.74. The van der Waals surface area contributed by atoms with E-state index in [9.17, 15) is 10.1 Å². The third kappa shape index (κ3) is 1.84. The molecule has 0 radical (unpaired) electrons. The van der Waals surface area contributed by atoms with Gasteiger partial charge in [0.1, 0.15) is 5.82 Å². The highest BCUT2D eigenvalue weighted by Gasteiger charge is 2.24. The lowest BCUT2D eigenvalue weighted by Crippen LogP contribution is -2.13. The van der Waals surface area contributed by atoms with Gasteiger partial charge in [0.05, 0.1) is 16.0 Å². The maximum absolute atomic E-state index is 10.7. The lowest BCUT2D eigenvalue weighted by Gasteiger charge is -2.06. The Balaban J connectivity index is 1.98. The molecule has 3 rings (SSSR count). The number of nitro benzene ring substituents is 1. The first-order valence-corrected chi connectivity index (χ1v) is 5.96. The van der Waals surface area contributed by atoms with E-state index in [0.29, 0.717) is 5.92 Å². The Morgan fingerprint density at radius 3 is 3.06 bits per heavy atom. The van der Waals surface area contributed by atoms with Gasteiger partial charge in [0.2, 0.25) is 0 Å². The van der Waals surface area contributed by atoms with Crippen molar-refractivity contribution in [3.05, 3.63) is 34.1 Å². The molecular weight excluding hydrogens is 232 g/mol. The van der Waals surface area contributed by atoms with E-state index in [4.69, 9.17) is 0 Å². The predicted molar refractivity (Wildman–Crippen MR) is 67.6 cm³/mol. The molecule has 0 spiro atoms. The molecule has 94 valence electrons. The van der Waals surface area contributed by atoms with Crippen molar-refractivity contribution in [2.75, 3.05) is 20.1 Å². The first-order chi connectivity index (χ1) is 8.63. The molecule has 1 N–H and O–H groups in total. The van der Waals surface area contributed by atoms with Gasteiger partial charge in [-0.25, -0.2) is 4.98 Å². The molecule has 1 fully saturated rings. The number of nitrogens with one attached hydrogen (secondary N) is 1. The minimum atomic E-state index is -0.386. The maximum atomic E-state index is 10.7. The largest absolute Gasteiger partial charge is 0.341 e. The Morgan fingerprint density at radius 2 is 2.39 bits per heavy atom. The number of imidazole rings is 1. The number of hydrogen-bond acceptors (Lipinski definition) is 4. The highest BCUT2D eigenvalue weighted by molar-refractivity contribution is 5.77. The van der Waals surface area contributed by atoms with E-state index in [0.717, 1.165) is 36.4 Å². The summed E-state index contributed by atoms with van der Waals surface area (Å²) in [5.74, 6) is 1.34. The molecule has 1 unspecified atom stereocenters. The molecule has 2 aromatic rings. The predicted octanol–water partition coefficient (Wildman–Crippen LogP) is 1.89. The highest BCUT2D eigenvalue weighted by Crippen LogP contribution is 2.27. The summed E-state index contributed by atoms with van der Waals surface area (Å²) < 4.78 is 0. The number of likely N-dealkylation sites (tertiary alicyclic amines) is 1. The number of non-ortho nitro benzene ring substituents is 1. The fraction of sp³-hybridized carbons (Fsp3) is 0.417. The van der Waals surface area contributed by atoms with Crippen molar-refractivity contribution in [3.8, 4) is 0 Å². The van der Waals surface area contributed by atoms with Gasteiger partial charge in [-0.3, -0.25) is 10.1 Å². The molecule has 1 aromatic heterocycles. The second-order valence-corrected chi connectivity index (χ2v) is 4.83. The highest BCUT2D eigenvalue weighted by atomic mass is 16.6. The Kier molecular flexibility index (Phi) is 2.52. The number of nitrogens with zero attached hydrogens (tertiary/aromatic N) is 3. The molecule has 1 aromatic carbocycles. The van der Waals surface area contributed by atoms with Crippen LogP contribution in [0, 0.1) is 10.1 Å². The van der Waals surface area contributed by atoms with Crippen LogP contribution in [-0.4, -0.2) is 39.9 Å². The number of nitro groups is 1. The molecule has 1 aliphatic rings. The molecule has 0 bridgehead atoms. The smallest absolute Gasteiger partial charge is 0.271 e. The number of rotatable bonds is 2. The summed E-state index contributed by atoms with van der Waals surface area (Å²) in [6.07, 6.45) is 1.08. The summed E-state index contributed by atoms with van der Waals surface area (Å²) in [5, 5.41) is 10.7. The number of aromatic nitrogens is 2. The number of hydrogen-bond donors (Lipinski definition) is 1. The summed E-state index contributed by atoms with van der Waals surface area (Å²) in [6.45, 7) is 2.06. The maximum Gasteiger partial charge on any atom is 0.271 e. The third-order valence-electron chi connectivity index (χ3n) is 3.47. The topological polar surface area (TPSA) is 75.1 Å². The lowest BCUT2D eigenvalue weighted by atomic mass is 10.1. The summed E-state index contributed by atoms with van der Waals surface area (Å²) >= 11 is 0. The van der Waals surface area contributed by atoms with Crippen molar-refractivity contribution in [2.24, 2.45) is 0 Å². The van der Waals surface area contributed by atoms with Crippen LogP contribution in [0.2, 0.25) is 0 Å². The minimum absolute atomic E-state index is 0.0984. The van der Waals surface area contributed by atoms with Crippen LogP contribution < -0.4 is 0 Å². The molecule has 1 atom stereocenters. The van der Waals surface area contributed by atoms with Crippen molar-refractivity contribution in [1.82, 2.24) is 14.9 Å². The molecule has 6 nitrogen and oxygen atoms in total. The normalized spacial score (nSPS) is 20.6. The number of aromatic amines is 1. The quantitative estimate of drug-likeness (QED) is 0.648. The van der Waals surface area contributed by atoms with Gasteiger partial charge in [-0.2, -0.15) is 0 Å². The molecule has 6 heteroatoms. The van der Waals surface area contributed by atoms with Crippen LogP contribution in [0.15, 0.2) is 18.2 Å². The second-order valence-electron chi connectivity index (χ2n) is 4.83. The first kappa shape index (κ1) is 11.2. The van der Waals surface area contributed by atoms with Gasteiger partial charge < -0.3 is 9.88 Å². The molecule has 0 amide bonds. The van der Waals surface area contributed by atoms with Crippen molar-refractivity contribution in [1.29, 1.82) is 0 Å². The monoisotopic (exact) mass is 246 g/mol. The fourth-order valence-electron chi connectivity index (χ4n) is 2.48. The molecule has 0 saturated carbocycles. The van der Waals surface area contributed by atoms with Crippen LogP contribution in [0.3, 0.4) is 0 Å². The van der Waals surface area contributed by atoms with Gasteiger partial charge in [0.15, 0.2) is 0 Å². The minimum Gasteiger partial charge on any atom is -0.341 e. The third-order valence-corrected chi connectivity index (χ3v) is 3.47. The van der Waals surface area contributed by atoms with Crippen LogP contribution >= 0.6 is 0 Å². The summed E-state index contributed by atoms with van der Waals surface area (Å²) in [5.41, 5.74) is 1.64. The van der Waals surface area contributed by atoms with Crippen LogP contribution in [-0.2, 0) is 0 Å². The fourth-order valence-corrected chi connectivity index (χ4v) is 2.48. The second kappa shape index (κ2) is 4.06. The zero-order valence-electron chi connectivity index (χ0n) is 10.1. The Hall–Kier alpha value is -1.95. The number of H-pyrrole nitrogens is 1. The number of fused-ring (bicyclic) bond motifs is 1. The van der Waals surface area contributed by atoms with Crippen LogP contribution in [0.5, 0.6) is 0 Å². The van der Waals surface area contributed by atoms with Crippen molar-refractivity contribution in [3.63, 3.8) is 0 Å². The molecule has 2 heterocycles. The molecule has 1 saturated heterocycles. The van der Waals surface area contributed by atoms with Gasteiger partial charge in [-0.15, -0.1) is 0 Å². The average molecular weight is 246 g/mol. The van der Waals surface area contributed by atoms with Gasteiger partial charge in [-0.05, 0) is 26.1 Å². The van der Waals surface area contributed by atoms with Crippen molar-refractivity contribution in [2.45, 2.75) is 12.3 Å². The van der Waals surface area contributed by atoms with E-state index < -0.39 is 0 Å². The van der Waals surface area contributed by atoms with Crippen molar-refractivity contribution < 1.29 is 4.92 Å². The van der Waals surface area contributed by atoms with Gasteiger partial charge in [0.25, 0.3) is 5.69 Å². The van der Waals surface area contributed by atoms with E-state index >= 15 is 0 Å². The Bertz CT molecular complexity index is 607. The SMILES string of the molecule is CN1CCC(c2nc3ccc([N+](=O)[O-])cc3[nH]2)C1. The molecule has 0 aliphatic carbocycles. The van der Waals surface area contributed by atoms with Crippen molar-refractivity contribution >= 4 is 16.7 Å². The van der Waals surface area contributed by atoms with Gasteiger partial charge in [0, 0.05) is 24.6 Å². The molecule has 18 heavy (non-hydrogen) atoms. The Labute approximate surface area is 104 Å². The van der Waals surface area contributed by atoms with Crippen LogP contribution in [0.4, 0.5) is 5.69 Å². The number of benzene rings is 1. The summed E-state index contributed by atoms with van der Waals surface area (Å²) in [4.78, 5) is 20.3. The molecular formula is C12H14N4O2. The zero-order chi connectivity index (χ0) is 12.7. The van der Waals surface area contributed by atoms with E-state index in [1.165, 1.54) is 6.07 Å². The van der Waals surface area contributed by atoms with E-state index in [2.05, 4.69) is 21.9 Å². The van der Waals surface area contributed by atoms with Gasteiger partial charge >= 0.3 is 0 Å². The molecule has 1 aliphatic heterocycles. The van der Waals surface area contributed by atoms with Gasteiger partial charge in [-0.1, -0.05) is 0 Å². The standard InChI is InChI=1S/C12H14N4O2/c1-15-5-4-8(7-15)12-13-10-3-2-9(16(17)18)6-11(10)14-12/h2-3,6,8H,4-5,7H2,1H3,(H,13,14). The van der Waals surface area contributed by atoms with E-state index in [1.54, 1.807) is 12.1 Å². The zero-order valence-corrected chi connectivity index (χ0v) is 10.1. The average Bonchev–Trinajstić information content (AvgIpc) is 2.93.